The largest absolute Gasteiger partial charge is 0.383 e. The van der Waals surface area contributed by atoms with Crippen molar-refractivity contribution in [2.75, 3.05) is 0 Å². The molecule has 1 fully saturated rings. The van der Waals surface area contributed by atoms with Crippen molar-refractivity contribution >= 4 is 0 Å². The van der Waals surface area contributed by atoms with Gasteiger partial charge in [-0.2, -0.15) is 0 Å². The second-order valence-corrected chi connectivity index (χ2v) is 5.31. The Labute approximate surface area is 104 Å². The van der Waals surface area contributed by atoms with Gasteiger partial charge in [-0.15, -0.1) is 0 Å². The van der Waals surface area contributed by atoms with Gasteiger partial charge in [0.05, 0.1) is 0 Å². The normalized spacial score (nSPS) is 23.0. The topological polar surface area (TPSA) is 46.2 Å². The smallest absolute Gasteiger partial charge is 0.107 e. The predicted molar refractivity (Wildman–Crippen MR) is 70.6 cm³/mol. The molecule has 0 radical (unpaired) electrons. The maximum absolute atomic E-state index is 11.1. The van der Waals surface area contributed by atoms with Gasteiger partial charge >= 0.3 is 0 Å². The molecule has 2 nitrogen and oxygen atoms in total. The molecule has 0 saturated heterocycles. The maximum atomic E-state index is 11.1. The molecule has 1 aliphatic rings. The summed E-state index contributed by atoms with van der Waals surface area (Å²) in [6.07, 6.45) is 5.90. The van der Waals surface area contributed by atoms with E-state index in [4.69, 9.17) is 5.73 Å². The highest BCUT2D eigenvalue weighted by Crippen LogP contribution is 2.40. The fourth-order valence-corrected chi connectivity index (χ4v) is 3.12. The molecule has 2 atom stereocenters. The summed E-state index contributed by atoms with van der Waals surface area (Å²) in [5, 5.41) is 11.1. The van der Waals surface area contributed by atoms with Crippen LogP contribution in [-0.4, -0.2) is 11.1 Å². The minimum atomic E-state index is -0.859. The summed E-state index contributed by atoms with van der Waals surface area (Å²) in [4.78, 5) is 0. The van der Waals surface area contributed by atoms with Gasteiger partial charge < -0.3 is 10.8 Å². The molecular formula is C15H23NO. The summed E-state index contributed by atoms with van der Waals surface area (Å²) in [5.41, 5.74) is 6.20. The van der Waals surface area contributed by atoms with E-state index in [1.54, 1.807) is 0 Å². The summed E-state index contributed by atoms with van der Waals surface area (Å²) >= 11 is 0. The lowest BCUT2D eigenvalue weighted by Gasteiger charge is -2.41. The Morgan fingerprint density at radius 2 is 1.76 bits per heavy atom. The van der Waals surface area contributed by atoms with Crippen LogP contribution in [0.4, 0.5) is 0 Å². The minimum absolute atomic E-state index is 0.229. The zero-order valence-corrected chi connectivity index (χ0v) is 10.6. The van der Waals surface area contributed by atoms with Gasteiger partial charge in [-0.05, 0) is 31.2 Å². The van der Waals surface area contributed by atoms with Crippen molar-refractivity contribution < 1.29 is 5.11 Å². The molecule has 0 bridgehead atoms. The van der Waals surface area contributed by atoms with Crippen molar-refractivity contribution in [3.8, 4) is 0 Å². The third-order valence-electron chi connectivity index (χ3n) is 4.16. The average Bonchev–Trinajstić information content (AvgIpc) is 2.39. The Hall–Kier alpha value is -0.860. The zero-order valence-electron chi connectivity index (χ0n) is 10.6. The van der Waals surface area contributed by atoms with Crippen LogP contribution in [0.1, 0.15) is 44.6 Å². The summed E-state index contributed by atoms with van der Waals surface area (Å²) in [6, 6.07) is 9.70. The third-order valence-corrected chi connectivity index (χ3v) is 4.16. The van der Waals surface area contributed by atoms with Crippen LogP contribution in [0.5, 0.6) is 0 Å². The minimum Gasteiger partial charge on any atom is -0.383 e. The van der Waals surface area contributed by atoms with Gasteiger partial charge in [0.15, 0.2) is 0 Å². The van der Waals surface area contributed by atoms with Gasteiger partial charge in [-0.3, -0.25) is 0 Å². The van der Waals surface area contributed by atoms with Gasteiger partial charge in [0.2, 0.25) is 0 Å². The maximum Gasteiger partial charge on any atom is 0.107 e. The number of aliphatic hydroxyl groups is 1. The second kappa shape index (κ2) is 5.19. The quantitative estimate of drug-likeness (QED) is 0.843. The van der Waals surface area contributed by atoms with Crippen LogP contribution in [0.2, 0.25) is 0 Å². The molecule has 2 unspecified atom stereocenters. The van der Waals surface area contributed by atoms with Crippen molar-refractivity contribution in [3.63, 3.8) is 0 Å². The number of benzene rings is 1. The first kappa shape index (κ1) is 12.6. The van der Waals surface area contributed by atoms with E-state index >= 15 is 0 Å². The molecule has 0 amide bonds. The molecule has 0 heterocycles. The first-order valence-corrected chi connectivity index (χ1v) is 6.69. The highest BCUT2D eigenvalue weighted by atomic mass is 16.3. The summed E-state index contributed by atoms with van der Waals surface area (Å²) in [6.45, 7) is 1.92. The Balaban J connectivity index is 2.31. The Bertz CT molecular complexity index is 343. The third kappa shape index (κ3) is 2.38. The summed E-state index contributed by atoms with van der Waals surface area (Å²) in [5.74, 6) is 0.304. The van der Waals surface area contributed by atoms with Gasteiger partial charge in [-0.25, -0.2) is 0 Å². The number of hydrogen-bond acceptors (Lipinski definition) is 2. The van der Waals surface area contributed by atoms with Gasteiger partial charge in [-0.1, -0.05) is 49.6 Å². The molecule has 0 spiro atoms. The van der Waals surface area contributed by atoms with E-state index in [1.807, 2.05) is 37.3 Å². The van der Waals surface area contributed by atoms with Crippen LogP contribution in [-0.2, 0) is 5.60 Å². The molecular weight excluding hydrogens is 210 g/mol. The van der Waals surface area contributed by atoms with Crippen LogP contribution in [0.3, 0.4) is 0 Å². The highest BCUT2D eigenvalue weighted by molar-refractivity contribution is 5.25. The highest BCUT2D eigenvalue weighted by Gasteiger charge is 2.41. The van der Waals surface area contributed by atoms with Gasteiger partial charge in [0.25, 0.3) is 0 Å². The molecule has 94 valence electrons. The van der Waals surface area contributed by atoms with E-state index < -0.39 is 5.60 Å². The molecule has 1 aliphatic carbocycles. The monoisotopic (exact) mass is 233 g/mol. The van der Waals surface area contributed by atoms with Crippen molar-refractivity contribution in [2.24, 2.45) is 11.7 Å². The Morgan fingerprint density at radius 3 is 2.29 bits per heavy atom. The predicted octanol–water partition coefficient (Wildman–Crippen LogP) is 2.80. The Kier molecular flexibility index (Phi) is 3.85. The second-order valence-electron chi connectivity index (χ2n) is 5.31. The first-order chi connectivity index (χ1) is 8.15. The summed E-state index contributed by atoms with van der Waals surface area (Å²) in [7, 11) is 0. The first-order valence-electron chi connectivity index (χ1n) is 6.69. The molecule has 3 N–H and O–H groups in total. The number of rotatable bonds is 3. The standard InChI is InChI=1S/C15H23NO/c1-12(16)15(17,13-8-4-2-5-9-13)14-10-6-3-7-11-14/h2,4-5,8-9,12,14,17H,3,6-7,10-11,16H2,1H3. The number of nitrogens with two attached hydrogens (primary N) is 1. The lowest BCUT2D eigenvalue weighted by Crippen LogP contribution is -2.49. The van der Waals surface area contributed by atoms with Gasteiger partial charge in [0, 0.05) is 6.04 Å². The molecule has 1 aromatic carbocycles. The van der Waals surface area contributed by atoms with E-state index in [0.29, 0.717) is 5.92 Å². The lowest BCUT2D eigenvalue weighted by molar-refractivity contribution is -0.0560. The lowest BCUT2D eigenvalue weighted by atomic mass is 9.70. The van der Waals surface area contributed by atoms with Crippen molar-refractivity contribution in [1.82, 2.24) is 0 Å². The SMILES string of the molecule is CC(N)C(O)(c1ccccc1)C1CCCCC1. The molecule has 1 aromatic rings. The molecule has 1 saturated carbocycles. The van der Waals surface area contributed by atoms with E-state index in [0.717, 1.165) is 18.4 Å². The molecule has 17 heavy (non-hydrogen) atoms. The Morgan fingerprint density at radius 1 is 1.18 bits per heavy atom. The van der Waals surface area contributed by atoms with Crippen LogP contribution in [0.15, 0.2) is 30.3 Å². The van der Waals surface area contributed by atoms with E-state index in [-0.39, 0.29) is 6.04 Å². The van der Waals surface area contributed by atoms with Crippen LogP contribution >= 0.6 is 0 Å². The van der Waals surface area contributed by atoms with Gasteiger partial charge in [0.1, 0.15) is 5.60 Å². The van der Waals surface area contributed by atoms with E-state index in [1.165, 1.54) is 19.3 Å². The average molecular weight is 233 g/mol. The molecule has 0 aromatic heterocycles. The zero-order chi connectivity index (χ0) is 12.3. The molecule has 0 aliphatic heterocycles. The molecule has 2 rings (SSSR count). The fourth-order valence-electron chi connectivity index (χ4n) is 3.12. The van der Waals surface area contributed by atoms with Crippen molar-refractivity contribution in [3.05, 3.63) is 35.9 Å². The van der Waals surface area contributed by atoms with E-state index in [9.17, 15) is 5.11 Å². The van der Waals surface area contributed by atoms with Crippen LogP contribution in [0, 0.1) is 5.92 Å². The van der Waals surface area contributed by atoms with Crippen molar-refractivity contribution in [2.45, 2.75) is 50.7 Å². The summed E-state index contributed by atoms with van der Waals surface area (Å²) < 4.78 is 0. The van der Waals surface area contributed by atoms with Crippen LogP contribution < -0.4 is 5.73 Å². The van der Waals surface area contributed by atoms with E-state index in [2.05, 4.69) is 0 Å². The van der Waals surface area contributed by atoms with Crippen LogP contribution in [0.25, 0.3) is 0 Å². The number of hydrogen-bond donors (Lipinski definition) is 2. The molecule has 2 heteroatoms. The fraction of sp³-hybridized carbons (Fsp3) is 0.600. The van der Waals surface area contributed by atoms with Crippen molar-refractivity contribution in [1.29, 1.82) is 0 Å².